The zero-order chi connectivity index (χ0) is 9.80. The van der Waals surface area contributed by atoms with Gasteiger partial charge in [0.2, 0.25) is 0 Å². The van der Waals surface area contributed by atoms with Gasteiger partial charge in [-0.15, -0.1) is 12.4 Å². The topological polar surface area (TPSA) is 37.4 Å². The molecule has 5 heteroatoms. The molecule has 0 radical (unpaired) electrons. The third-order valence-corrected chi connectivity index (χ3v) is 2.39. The molecule has 0 atom stereocenters. The van der Waals surface area contributed by atoms with Crippen LogP contribution in [0.25, 0.3) is 0 Å². The zero-order valence-electron chi connectivity index (χ0n) is 8.77. The van der Waals surface area contributed by atoms with Gasteiger partial charge in [-0.2, -0.15) is 0 Å². The second-order valence-electron chi connectivity index (χ2n) is 3.27. The van der Waals surface area contributed by atoms with Crippen molar-refractivity contribution in [1.29, 1.82) is 0 Å². The zero-order valence-corrected chi connectivity index (χ0v) is 9.59. The van der Waals surface area contributed by atoms with Crippen molar-refractivity contribution in [2.75, 3.05) is 38.2 Å². The standard InChI is InChI=1S/C10H15N3O.ClH/c1-14-9-3-2-4-12-10(9)13-7-5-11-6-8-13;/h2-4,11H,5-8H2,1H3;1H. The molecule has 2 heterocycles. The molecule has 4 nitrogen and oxygen atoms in total. The lowest BCUT2D eigenvalue weighted by Crippen LogP contribution is -2.44. The molecule has 1 aromatic heterocycles. The van der Waals surface area contributed by atoms with Crippen LogP contribution in [0.2, 0.25) is 0 Å². The van der Waals surface area contributed by atoms with Crippen LogP contribution >= 0.6 is 12.4 Å². The summed E-state index contributed by atoms with van der Waals surface area (Å²) in [4.78, 5) is 6.59. The second-order valence-corrected chi connectivity index (χ2v) is 3.27. The average molecular weight is 230 g/mol. The number of piperazine rings is 1. The van der Waals surface area contributed by atoms with Gasteiger partial charge >= 0.3 is 0 Å². The minimum absolute atomic E-state index is 0. The smallest absolute Gasteiger partial charge is 0.171 e. The van der Waals surface area contributed by atoms with Crippen molar-refractivity contribution < 1.29 is 4.74 Å². The molecule has 0 bridgehead atoms. The molecule has 0 spiro atoms. The quantitative estimate of drug-likeness (QED) is 0.819. The maximum Gasteiger partial charge on any atom is 0.171 e. The van der Waals surface area contributed by atoms with Gasteiger partial charge in [0.15, 0.2) is 11.6 Å². The van der Waals surface area contributed by atoms with Gasteiger partial charge in [-0.1, -0.05) is 0 Å². The van der Waals surface area contributed by atoms with Crippen LogP contribution in [0.1, 0.15) is 0 Å². The lowest BCUT2D eigenvalue weighted by Gasteiger charge is -2.29. The number of nitrogens with one attached hydrogen (secondary N) is 1. The monoisotopic (exact) mass is 229 g/mol. The SMILES string of the molecule is COc1cccnc1N1CCNCC1.Cl. The Kier molecular flexibility index (Phi) is 4.65. The van der Waals surface area contributed by atoms with E-state index in [0.717, 1.165) is 37.7 Å². The van der Waals surface area contributed by atoms with Crippen LogP contribution in [0.15, 0.2) is 18.3 Å². The Morgan fingerprint density at radius 1 is 1.40 bits per heavy atom. The number of pyridine rings is 1. The summed E-state index contributed by atoms with van der Waals surface area (Å²) in [5.74, 6) is 1.81. The first-order valence-electron chi connectivity index (χ1n) is 4.86. The predicted octanol–water partition coefficient (Wildman–Crippen LogP) is 0.922. The van der Waals surface area contributed by atoms with Gasteiger partial charge in [-0.05, 0) is 12.1 Å². The van der Waals surface area contributed by atoms with E-state index in [1.165, 1.54) is 0 Å². The molecule has 15 heavy (non-hydrogen) atoms. The largest absolute Gasteiger partial charge is 0.493 e. The Balaban J connectivity index is 0.00000112. The summed E-state index contributed by atoms with van der Waals surface area (Å²) in [5.41, 5.74) is 0. The molecule has 1 saturated heterocycles. The van der Waals surface area contributed by atoms with E-state index in [0.29, 0.717) is 0 Å². The van der Waals surface area contributed by atoms with E-state index in [-0.39, 0.29) is 12.4 Å². The fourth-order valence-electron chi connectivity index (χ4n) is 1.66. The first-order valence-corrected chi connectivity index (χ1v) is 4.86. The molecule has 0 aliphatic carbocycles. The maximum absolute atomic E-state index is 5.27. The fourth-order valence-corrected chi connectivity index (χ4v) is 1.66. The molecule has 0 amide bonds. The second kappa shape index (κ2) is 5.78. The summed E-state index contributed by atoms with van der Waals surface area (Å²) in [5, 5.41) is 3.31. The summed E-state index contributed by atoms with van der Waals surface area (Å²) < 4.78 is 5.27. The lowest BCUT2D eigenvalue weighted by molar-refractivity contribution is 0.411. The average Bonchev–Trinajstić information content (AvgIpc) is 2.30. The molecule has 0 aromatic carbocycles. The molecule has 1 aliphatic rings. The lowest BCUT2D eigenvalue weighted by atomic mass is 10.3. The summed E-state index contributed by atoms with van der Waals surface area (Å²) in [6.45, 7) is 4.01. The number of methoxy groups -OCH3 is 1. The Hall–Kier alpha value is -1.00. The Morgan fingerprint density at radius 3 is 2.80 bits per heavy atom. The summed E-state index contributed by atoms with van der Waals surface area (Å²) in [6, 6.07) is 3.84. The predicted molar refractivity (Wildman–Crippen MR) is 63.1 cm³/mol. The Bertz CT molecular complexity index is 302. The van der Waals surface area contributed by atoms with Gasteiger partial charge in [0.1, 0.15) is 0 Å². The molecule has 1 aromatic rings. The first-order chi connectivity index (χ1) is 6.92. The van der Waals surface area contributed by atoms with Crippen molar-refractivity contribution in [2.45, 2.75) is 0 Å². The molecular weight excluding hydrogens is 214 g/mol. The van der Waals surface area contributed by atoms with Crippen molar-refractivity contribution in [2.24, 2.45) is 0 Å². The van der Waals surface area contributed by atoms with Gasteiger partial charge in [-0.25, -0.2) is 4.98 Å². The number of rotatable bonds is 2. The van der Waals surface area contributed by atoms with Crippen molar-refractivity contribution in [3.05, 3.63) is 18.3 Å². The van der Waals surface area contributed by atoms with Gasteiger partial charge in [0, 0.05) is 32.4 Å². The fraction of sp³-hybridized carbons (Fsp3) is 0.500. The van der Waals surface area contributed by atoms with Crippen molar-refractivity contribution in [3.63, 3.8) is 0 Å². The number of hydrogen-bond donors (Lipinski definition) is 1. The number of nitrogens with zero attached hydrogens (tertiary/aromatic N) is 2. The van der Waals surface area contributed by atoms with E-state index >= 15 is 0 Å². The molecule has 2 rings (SSSR count). The van der Waals surface area contributed by atoms with Crippen LogP contribution in [0.3, 0.4) is 0 Å². The number of aromatic nitrogens is 1. The van der Waals surface area contributed by atoms with Gasteiger partial charge < -0.3 is 15.0 Å². The highest BCUT2D eigenvalue weighted by atomic mass is 35.5. The summed E-state index contributed by atoms with van der Waals surface area (Å²) in [6.07, 6.45) is 1.81. The summed E-state index contributed by atoms with van der Waals surface area (Å²) in [7, 11) is 1.68. The third kappa shape index (κ3) is 2.73. The van der Waals surface area contributed by atoms with E-state index in [4.69, 9.17) is 4.74 Å². The molecule has 0 saturated carbocycles. The molecule has 1 N–H and O–H groups in total. The number of ether oxygens (including phenoxy) is 1. The van der Waals surface area contributed by atoms with Gasteiger partial charge in [0.25, 0.3) is 0 Å². The van der Waals surface area contributed by atoms with Gasteiger partial charge in [-0.3, -0.25) is 0 Å². The van der Waals surface area contributed by atoms with E-state index in [1.807, 2.05) is 12.1 Å². The van der Waals surface area contributed by atoms with E-state index < -0.39 is 0 Å². The van der Waals surface area contributed by atoms with Crippen LogP contribution in [0.4, 0.5) is 5.82 Å². The van der Waals surface area contributed by atoms with Crippen LogP contribution < -0.4 is 15.0 Å². The highest BCUT2D eigenvalue weighted by Gasteiger charge is 2.14. The Labute approximate surface area is 96.0 Å². The number of hydrogen-bond acceptors (Lipinski definition) is 4. The van der Waals surface area contributed by atoms with Crippen molar-refractivity contribution >= 4 is 18.2 Å². The Morgan fingerprint density at radius 2 is 2.13 bits per heavy atom. The highest BCUT2D eigenvalue weighted by molar-refractivity contribution is 5.85. The van der Waals surface area contributed by atoms with E-state index in [9.17, 15) is 0 Å². The van der Waals surface area contributed by atoms with Crippen LogP contribution in [-0.2, 0) is 0 Å². The first kappa shape index (κ1) is 12.1. The van der Waals surface area contributed by atoms with E-state index in [2.05, 4.69) is 15.2 Å². The van der Waals surface area contributed by atoms with E-state index in [1.54, 1.807) is 13.3 Å². The van der Waals surface area contributed by atoms with Crippen LogP contribution in [0, 0.1) is 0 Å². The normalized spacial score (nSPS) is 15.7. The van der Waals surface area contributed by atoms with Crippen LogP contribution in [-0.4, -0.2) is 38.3 Å². The molecular formula is C10H16ClN3O. The minimum atomic E-state index is 0. The van der Waals surface area contributed by atoms with Gasteiger partial charge in [0.05, 0.1) is 7.11 Å². The number of anilines is 1. The molecule has 1 fully saturated rings. The van der Waals surface area contributed by atoms with Crippen molar-refractivity contribution in [1.82, 2.24) is 10.3 Å². The highest BCUT2D eigenvalue weighted by Crippen LogP contribution is 2.24. The third-order valence-electron chi connectivity index (χ3n) is 2.39. The summed E-state index contributed by atoms with van der Waals surface area (Å²) >= 11 is 0. The van der Waals surface area contributed by atoms with Crippen LogP contribution in [0.5, 0.6) is 5.75 Å². The maximum atomic E-state index is 5.27. The number of halogens is 1. The minimum Gasteiger partial charge on any atom is -0.493 e. The molecule has 84 valence electrons. The molecule has 0 unspecified atom stereocenters. The molecule has 1 aliphatic heterocycles. The van der Waals surface area contributed by atoms with Crippen molar-refractivity contribution in [3.8, 4) is 5.75 Å².